The molecule has 0 amide bonds. The van der Waals surface area contributed by atoms with Gasteiger partial charge in [0.25, 0.3) is 0 Å². The van der Waals surface area contributed by atoms with Crippen LogP contribution in [0.3, 0.4) is 0 Å². The Bertz CT molecular complexity index is 972. The molecule has 3 aromatic carbocycles. The molecule has 6 heteroatoms. The lowest BCUT2D eigenvalue weighted by Gasteiger charge is -2.13. The molecule has 0 atom stereocenters. The Morgan fingerprint density at radius 2 is 1.58 bits per heavy atom. The van der Waals surface area contributed by atoms with Gasteiger partial charge in [-0.05, 0) is 41.1 Å². The van der Waals surface area contributed by atoms with Crippen molar-refractivity contribution in [2.24, 2.45) is 0 Å². The molecular weight excluding hydrogens is 354 g/mol. The first kappa shape index (κ1) is 18.3. The highest BCUT2D eigenvalue weighted by Crippen LogP contribution is 2.38. The van der Waals surface area contributed by atoms with Crippen LogP contribution in [0.5, 0.6) is 0 Å². The number of fused-ring (bicyclic) bond motifs is 1. The third-order valence-corrected chi connectivity index (χ3v) is 4.20. The Hall–Kier alpha value is -2.50. The smallest absolute Gasteiger partial charge is 0.206 e. The predicted molar refractivity (Wildman–Crippen MR) is 88.3 cm³/mol. The van der Waals surface area contributed by atoms with Crippen molar-refractivity contribution in [3.8, 4) is 11.1 Å². The van der Waals surface area contributed by atoms with E-state index in [1.165, 1.54) is 18.2 Å². The van der Waals surface area contributed by atoms with Crippen LogP contribution in [-0.2, 0) is 12.6 Å². The van der Waals surface area contributed by atoms with Crippen LogP contribution in [0.25, 0.3) is 21.9 Å². The molecule has 26 heavy (non-hydrogen) atoms. The molecule has 0 heterocycles. The molecule has 0 radical (unpaired) electrons. The number of rotatable bonds is 3. The monoisotopic (exact) mass is 368 g/mol. The molecule has 3 rings (SSSR count). The van der Waals surface area contributed by atoms with Gasteiger partial charge in [-0.1, -0.05) is 37.6 Å². The molecule has 0 nitrogen and oxygen atoms in total. The molecule has 0 saturated heterocycles. The van der Waals surface area contributed by atoms with Gasteiger partial charge >= 0.3 is 6.18 Å². The average Bonchev–Trinajstić information content (AvgIpc) is 2.53. The number of hydrogen-bond acceptors (Lipinski definition) is 0. The van der Waals surface area contributed by atoms with Gasteiger partial charge in [-0.2, -0.15) is 13.2 Å². The minimum absolute atomic E-state index is 0.0671. The molecule has 136 valence electrons. The molecule has 3 aromatic rings. The van der Waals surface area contributed by atoms with E-state index in [1.54, 1.807) is 12.1 Å². The fourth-order valence-corrected chi connectivity index (χ4v) is 2.99. The van der Waals surface area contributed by atoms with E-state index in [0.717, 1.165) is 18.1 Å². The van der Waals surface area contributed by atoms with Crippen molar-refractivity contribution < 1.29 is 26.3 Å². The van der Waals surface area contributed by atoms with Gasteiger partial charge in [0.1, 0.15) is 23.0 Å². The van der Waals surface area contributed by atoms with E-state index >= 15 is 0 Å². The van der Waals surface area contributed by atoms with Crippen LogP contribution < -0.4 is 0 Å². The summed E-state index contributed by atoms with van der Waals surface area (Å²) in [6, 6.07) is 9.01. The van der Waals surface area contributed by atoms with Crippen LogP contribution in [0.15, 0.2) is 42.5 Å². The van der Waals surface area contributed by atoms with Gasteiger partial charge in [0.05, 0.1) is 0 Å². The van der Waals surface area contributed by atoms with Crippen LogP contribution in [-0.4, -0.2) is 0 Å². The molecule has 0 aliphatic heterocycles. The summed E-state index contributed by atoms with van der Waals surface area (Å²) in [6.07, 6.45) is -3.57. The summed E-state index contributed by atoms with van der Waals surface area (Å²) in [5.41, 5.74) is -0.557. The summed E-state index contributed by atoms with van der Waals surface area (Å²) >= 11 is 0. The number of alkyl halides is 3. The summed E-state index contributed by atoms with van der Waals surface area (Å²) in [4.78, 5) is 0. The van der Waals surface area contributed by atoms with Crippen LogP contribution in [0, 0.1) is 17.5 Å². The minimum atomic E-state index is -5.14. The molecule has 0 unspecified atom stereocenters. The summed E-state index contributed by atoms with van der Waals surface area (Å²) in [5.74, 6) is -3.86. The van der Waals surface area contributed by atoms with Crippen molar-refractivity contribution in [3.63, 3.8) is 0 Å². The molecule has 0 bridgehead atoms. The van der Waals surface area contributed by atoms with Crippen LogP contribution in [0.1, 0.15) is 24.5 Å². The fourth-order valence-electron chi connectivity index (χ4n) is 2.99. The summed E-state index contributed by atoms with van der Waals surface area (Å²) in [6.45, 7) is 1.97. The van der Waals surface area contributed by atoms with Gasteiger partial charge in [0, 0.05) is 10.9 Å². The highest BCUT2D eigenvalue weighted by Gasteiger charge is 2.38. The Morgan fingerprint density at radius 1 is 0.846 bits per heavy atom. The standard InChI is InChI=1S/C20H14F6/c1-2-3-11-4-6-14(16(21)8-11)12-5-7-15-13(9-12)10-17(22)18(19(15)23)20(24,25)26/h4-10H,2-3H2,1H3. The Balaban J connectivity index is 2.14. The minimum Gasteiger partial charge on any atom is -0.206 e. The Kier molecular flexibility index (Phi) is 4.69. The second-order valence-electron chi connectivity index (χ2n) is 6.05. The first-order valence-electron chi connectivity index (χ1n) is 8.00. The third kappa shape index (κ3) is 3.28. The number of aryl methyl sites for hydroxylation is 1. The summed E-state index contributed by atoms with van der Waals surface area (Å²) in [7, 11) is 0. The highest BCUT2D eigenvalue weighted by atomic mass is 19.4. The van der Waals surface area contributed by atoms with Crippen molar-refractivity contribution in [2.45, 2.75) is 25.9 Å². The SMILES string of the molecule is CCCc1ccc(-c2ccc3c(F)c(C(F)(F)F)c(F)cc3c2)c(F)c1. The number of halogens is 6. The van der Waals surface area contributed by atoms with E-state index in [0.29, 0.717) is 18.1 Å². The van der Waals surface area contributed by atoms with Crippen molar-refractivity contribution >= 4 is 10.8 Å². The van der Waals surface area contributed by atoms with Crippen molar-refractivity contribution in [1.29, 1.82) is 0 Å². The lowest BCUT2D eigenvalue weighted by molar-refractivity contribution is -0.142. The van der Waals surface area contributed by atoms with E-state index in [2.05, 4.69) is 0 Å². The van der Waals surface area contributed by atoms with Gasteiger partial charge in [-0.25, -0.2) is 13.2 Å². The van der Waals surface area contributed by atoms with Gasteiger partial charge in [-0.15, -0.1) is 0 Å². The molecule has 0 aliphatic rings. The summed E-state index contributed by atoms with van der Waals surface area (Å²) in [5, 5.41) is -0.437. The maximum Gasteiger partial charge on any atom is 0.422 e. The Labute approximate surface area is 146 Å². The van der Waals surface area contributed by atoms with Crippen LogP contribution >= 0.6 is 0 Å². The molecule has 0 fully saturated rings. The molecule has 0 N–H and O–H groups in total. The maximum atomic E-state index is 14.3. The van der Waals surface area contributed by atoms with E-state index in [9.17, 15) is 26.3 Å². The molecule has 0 spiro atoms. The third-order valence-electron chi connectivity index (χ3n) is 4.20. The zero-order valence-corrected chi connectivity index (χ0v) is 13.7. The number of hydrogen-bond donors (Lipinski definition) is 0. The van der Waals surface area contributed by atoms with Crippen molar-refractivity contribution in [2.75, 3.05) is 0 Å². The fraction of sp³-hybridized carbons (Fsp3) is 0.200. The van der Waals surface area contributed by atoms with E-state index in [-0.39, 0.29) is 16.3 Å². The van der Waals surface area contributed by atoms with Gasteiger partial charge < -0.3 is 0 Å². The van der Waals surface area contributed by atoms with E-state index in [4.69, 9.17) is 0 Å². The quantitative estimate of drug-likeness (QED) is 0.441. The Morgan fingerprint density at radius 3 is 2.19 bits per heavy atom. The van der Waals surface area contributed by atoms with E-state index < -0.39 is 29.2 Å². The number of benzene rings is 3. The van der Waals surface area contributed by atoms with Crippen LogP contribution in [0.4, 0.5) is 26.3 Å². The van der Waals surface area contributed by atoms with Gasteiger partial charge in [-0.3, -0.25) is 0 Å². The largest absolute Gasteiger partial charge is 0.422 e. The lowest BCUT2D eigenvalue weighted by atomic mass is 9.97. The lowest BCUT2D eigenvalue weighted by Crippen LogP contribution is -2.11. The molecule has 0 saturated carbocycles. The normalized spacial score (nSPS) is 12.0. The van der Waals surface area contributed by atoms with E-state index in [1.807, 2.05) is 6.92 Å². The molecule has 0 aliphatic carbocycles. The van der Waals surface area contributed by atoms with Crippen molar-refractivity contribution in [3.05, 3.63) is 71.0 Å². The summed E-state index contributed by atoms with van der Waals surface area (Å²) < 4.78 is 80.7. The zero-order chi connectivity index (χ0) is 19.1. The van der Waals surface area contributed by atoms with Gasteiger partial charge in [0.15, 0.2) is 0 Å². The first-order chi connectivity index (χ1) is 12.2. The van der Waals surface area contributed by atoms with Gasteiger partial charge in [0.2, 0.25) is 0 Å². The first-order valence-corrected chi connectivity index (χ1v) is 8.00. The topological polar surface area (TPSA) is 0 Å². The molecule has 0 aromatic heterocycles. The maximum absolute atomic E-state index is 14.3. The van der Waals surface area contributed by atoms with Crippen LogP contribution in [0.2, 0.25) is 0 Å². The zero-order valence-electron chi connectivity index (χ0n) is 13.7. The second kappa shape index (κ2) is 6.67. The second-order valence-corrected chi connectivity index (χ2v) is 6.05. The highest BCUT2D eigenvalue weighted by molar-refractivity contribution is 5.88. The van der Waals surface area contributed by atoms with Crippen molar-refractivity contribution in [1.82, 2.24) is 0 Å². The average molecular weight is 368 g/mol. The predicted octanol–water partition coefficient (Wildman–Crippen LogP) is 6.90. The molecular formula is C20H14F6.